The third-order valence-corrected chi connectivity index (χ3v) is 2.78. The second kappa shape index (κ2) is 6.59. The first kappa shape index (κ1) is 17.0. The Morgan fingerprint density at radius 1 is 1.10 bits per heavy atom. The zero-order chi connectivity index (χ0) is 15.4. The van der Waals surface area contributed by atoms with Gasteiger partial charge in [0.1, 0.15) is 5.75 Å². The molecule has 0 heterocycles. The van der Waals surface area contributed by atoms with E-state index in [0.29, 0.717) is 0 Å². The molecule has 1 N–H and O–H groups in total. The lowest BCUT2D eigenvalue weighted by Gasteiger charge is -2.31. The van der Waals surface area contributed by atoms with Crippen molar-refractivity contribution in [1.82, 2.24) is 5.32 Å². The third-order valence-electron chi connectivity index (χ3n) is 2.78. The van der Waals surface area contributed by atoms with Crippen molar-refractivity contribution in [3.05, 3.63) is 29.8 Å². The van der Waals surface area contributed by atoms with E-state index in [-0.39, 0.29) is 17.2 Å². The van der Waals surface area contributed by atoms with Crippen LogP contribution in [-0.2, 0) is 4.74 Å². The molecule has 0 saturated heterocycles. The quantitative estimate of drug-likeness (QED) is 0.885. The minimum Gasteiger partial charge on any atom is -0.497 e. The molecule has 20 heavy (non-hydrogen) atoms. The van der Waals surface area contributed by atoms with Gasteiger partial charge < -0.3 is 14.8 Å². The number of ether oxygens (including phenoxy) is 2. The summed E-state index contributed by atoms with van der Waals surface area (Å²) in [5.74, 6) is 0.862. The zero-order valence-corrected chi connectivity index (χ0v) is 13.9. The molecule has 3 nitrogen and oxygen atoms in total. The van der Waals surface area contributed by atoms with Crippen LogP contribution in [-0.4, -0.2) is 24.8 Å². The molecule has 0 bridgehead atoms. The highest BCUT2D eigenvalue weighted by molar-refractivity contribution is 5.30. The Hall–Kier alpha value is -1.06. The highest BCUT2D eigenvalue weighted by atomic mass is 16.5. The fourth-order valence-electron chi connectivity index (χ4n) is 1.90. The predicted octanol–water partition coefficient (Wildman–Crippen LogP) is 3.94. The van der Waals surface area contributed by atoms with Gasteiger partial charge in [-0.3, -0.25) is 0 Å². The molecule has 1 unspecified atom stereocenters. The van der Waals surface area contributed by atoms with E-state index in [4.69, 9.17) is 9.47 Å². The number of rotatable bonds is 5. The van der Waals surface area contributed by atoms with Gasteiger partial charge in [0.05, 0.1) is 18.8 Å². The molecule has 1 aromatic rings. The third kappa shape index (κ3) is 6.40. The first-order valence-corrected chi connectivity index (χ1v) is 7.17. The molecule has 0 aliphatic rings. The normalized spacial score (nSPS) is 14.2. The number of hydrogen-bond acceptors (Lipinski definition) is 3. The molecule has 0 radical (unpaired) electrons. The van der Waals surface area contributed by atoms with Crippen molar-refractivity contribution in [2.24, 2.45) is 0 Å². The zero-order valence-electron chi connectivity index (χ0n) is 13.9. The van der Waals surface area contributed by atoms with E-state index in [1.165, 1.54) is 0 Å². The fourth-order valence-corrected chi connectivity index (χ4v) is 1.90. The maximum atomic E-state index is 6.20. The molecule has 1 rings (SSSR count). The van der Waals surface area contributed by atoms with Crippen molar-refractivity contribution >= 4 is 0 Å². The van der Waals surface area contributed by atoms with Gasteiger partial charge in [0.25, 0.3) is 0 Å². The van der Waals surface area contributed by atoms with E-state index in [9.17, 15) is 0 Å². The average Bonchev–Trinajstić information content (AvgIpc) is 2.32. The summed E-state index contributed by atoms with van der Waals surface area (Å²) >= 11 is 0. The van der Waals surface area contributed by atoms with Crippen molar-refractivity contribution < 1.29 is 9.47 Å². The van der Waals surface area contributed by atoms with Gasteiger partial charge >= 0.3 is 0 Å². The summed E-state index contributed by atoms with van der Waals surface area (Å²) in [5, 5.41) is 3.51. The van der Waals surface area contributed by atoms with Crippen LogP contribution >= 0.6 is 0 Å². The number of benzene rings is 1. The monoisotopic (exact) mass is 279 g/mol. The van der Waals surface area contributed by atoms with Crippen molar-refractivity contribution in [2.75, 3.05) is 13.7 Å². The molecule has 0 aromatic heterocycles. The van der Waals surface area contributed by atoms with Crippen LogP contribution in [0.25, 0.3) is 0 Å². The SMILES string of the molecule is COc1cccc(C(CNC(C)(C)C)OC(C)(C)C)c1. The van der Waals surface area contributed by atoms with Gasteiger partial charge in [-0.15, -0.1) is 0 Å². The lowest BCUT2D eigenvalue weighted by atomic mass is 10.0. The van der Waals surface area contributed by atoms with Crippen LogP contribution in [0.3, 0.4) is 0 Å². The maximum Gasteiger partial charge on any atom is 0.119 e. The van der Waals surface area contributed by atoms with Crippen LogP contribution < -0.4 is 10.1 Å². The van der Waals surface area contributed by atoms with E-state index in [1.54, 1.807) is 7.11 Å². The van der Waals surface area contributed by atoms with Crippen LogP contribution in [0.5, 0.6) is 5.75 Å². The molecule has 0 amide bonds. The molecule has 3 heteroatoms. The van der Waals surface area contributed by atoms with Gasteiger partial charge in [-0.05, 0) is 59.2 Å². The van der Waals surface area contributed by atoms with Gasteiger partial charge in [-0.2, -0.15) is 0 Å². The summed E-state index contributed by atoms with van der Waals surface area (Å²) < 4.78 is 11.5. The minimum atomic E-state index is -0.187. The van der Waals surface area contributed by atoms with Gasteiger partial charge in [0.2, 0.25) is 0 Å². The molecule has 0 aliphatic heterocycles. The number of methoxy groups -OCH3 is 1. The maximum absolute atomic E-state index is 6.20. The summed E-state index contributed by atoms with van der Waals surface area (Å²) in [5.41, 5.74) is 1.02. The number of hydrogen-bond donors (Lipinski definition) is 1. The summed E-state index contributed by atoms with van der Waals surface area (Å²) in [4.78, 5) is 0. The Morgan fingerprint density at radius 3 is 2.25 bits per heavy atom. The van der Waals surface area contributed by atoms with Crippen LogP contribution in [0.1, 0.15) is 53.2 Å². The molecule has 1 aromatic carbocycles. The van der Waals surface area contributed by atoms with E-state index in [1.807, 2.05) is 18.2 Å². The molecule has 114 valence electrons. The van der Waals surface area contributed by atoms with Crippen LogP contribution in [0.15, 0.2) is 24.3 Å². The van der Waals surface area contributed by atoms with Crippen molar-refractivity contribution in [3.63, 3.8) is 0 Å². The minimum absolute atomic E-state index is 0.00400. The largest absolute Gasteiger partial charge is 0.497 e. The van der Waals surface area contributed by atoms with E-state index < -0.39 is 0 Å². The summed E-state index contributed by atoms with van der Waals surface area (Å²) in [6.07, 6.45) is 0.00400. The standard InChI is InChI=1S/C17H29NO2/c1-16(2,3)18-12-15(20-17(4,5)6)13-9-8-10-14(11-13)19-7/h8-11,15,18H,12H2,1-7H3. The van der Waals surface area contributed by atoms with Crippen LogP contribution in [0, 0.1) is 0 Å². The Balaban J connectivity index is 2.90. The molecule has 1 atom stereocenters. The molecule has 0 aliphatic carbocycles. The Bertz CT molecular complexity index is 416. The second-order valence-corrected chi connectivity index (χ2v) is 7.13. The van der Waals surface area contributed by atoms with Crippen molar-refractivity contribution in [1.29, 1.82) is 0 Å². The fraction of sp³-hybridized carbons (Fsp3) is 0.647. The van der Waals surface area contributed by atoms with Gasteiger partial charge in [-0.1, -0.05) is 12.1 Å². The molecule has 0 spiro atoms. The highest BCUT2D eigenvalue weighted by Gasteiger charge is 2.22. The van der Waals surface area contributed by atoms with Crippen LogP contribution in [0.2, 0.25) is 0 Å². The first-order chi connectivity index (χ1) is 9.11. The molecule has 0 fully saturated rings. The van der Waals surface area contributed by atoms with E-state index >= 15 is 0 Å². The van der Waals surface area contributed by atoms with Gasteiger partial charge in [-0.25, -0.2) is 0 Å². The van der Waals surface area contributed by atoms with Gasteiger partial charge in [0.15, 0.2) is 0 Å². The smallest absolute Gasteiger partial charge is 0.119 e. The Labute approximate surface area is 123 Å². The summed E-state index contributed by atoms with van der Waals surface area (Å²) in [6, 6.07) is 8.09. The Morgan fingerprint density at radius 2 is 1.75 bits per heavy atom. The molecule has 0 saturated carbocycles. The predicted molar refractivity (Wildman–Crippen MR) is 84.3 cm³/mol. The summed E-state index contributed by atoms with van der Waals surface area (Å²) in [6.45, 7) is 13.5. The highest BCUT2D eigenvalue weighted by Crippen LogP contribution is 2.26. The van der Waals surface area contributed by atoms with Crippen molar-refractivity contribution in [2.45, 2.75) is 58.8 Å². The first-order valence-electron chi connectivity index (χ1n) is 7.17. The van der Waals surface area contributed by atoms with E-state index in [0.717, 1.165) is 17.9 Å². The Kier molecular flexibility index (Phi) is 5.60. The topological polar surface area (TPSA) is 30.5 Å². The summed E-state index contributed by atoms with van der Waals surface area (Å²) in [7, 11) is 1.69. The van der Waals surface area contributed by atoms with E-state index in [2.05, 4.69) is 52.9 Å². The second-order valence-electron chi connectivity index (χ2n) is 7.13. The van der Waals surface area contributed by atoms with Crippen LogP contribution in [0.4, 0.5) is 0 Å². The van der Waals surface area contributed by atoms with Crippen molar-refractivity contribution in [3.8, 4) is 5.75 Å². The average molecular weight is 279 g/mol. The lowest BCUT2D eigenvalue weighted by molar-refractivity contribution is -0.0625. The number of nitrogens with one attached hydrogen (secondary N) is 1. The molecular formula is C17H29NO2. The van der Waals surface area contributed by atoms with Gasteiger partial charge in [0, 0.05) is 12.1 Å². The molecular weight excluding hydrogens is 250 g/mol. The lowest BCUT2D eigenvalue weighted by Crippen LogP contribution is -2.40.